The van der Waals surface area contributed by atoms with Crippen LogP contribution in [0.4, 0.5) is 19.0 Å². The predicted octanol–water partition coefficient (Wildman–Crippen LogP) is 2.09. The largest absolute Gasteiger partial charge is 0.484 e. The van der Waals surface area contributed by atoms with Gasteiger partial charge in [-0.15, -0.1) is 0 Å². The first kappa shape index (κ1) is 18.3. The Morgan fingerprint density at radius 2 is 2.04 bits per heavy atom. The lowest BCUT2D eigenvalue weighted by Gasteiger charge is -2.10. The van der Waals surface area contributed by atoms with E-state index in [2.05, 4.69) is 15.2 Å². The smallest absolute Gasteiger partial charge is 0.422 e. The maximum Gasteiger partial charge on any atom is 0.422 e. The number of rotatable bonds is 7. The maximum absolute atomic E-state index is 12.1. The Kier molecular flexibility index (Phi) is 5.63. The highest BCUT2D eigenvalue weighted by Crippen LogP contribution is 2.19. The van der Waals surface area contributed by atoms with Crippen LogP contribution in [0.2, 0.25) is 0 Å². The third kappa shape index (κ3) is 6.53. The minimum absolute atomic E-state index is 0.00774. The first-order valence-corrected chi connectivity index (χ1v) is 7.05. The molecule has 0 saturated heterocycles. The summed E-state index contributed by atoms with van der Waals surface area (Å²) in [4.78, 5) is 22.5. The number of anilines is 1. The topological polar surface area (TPSA) is 93.5 Å². The number of amides is 1. The lowest BCUT2D eigenvalue weighted by molar-refractivity contribution is -0.153. The number of hydrogen-bond donors (Lipinski definition) is 2. The van der Waals surface area contributed by atoms with E-state index in [0.29, 0.717) is 5.56 Å². The summed E-state index contributed by atoms with van der Waals surface area (Å²) in [7, 11) is 0. The van der Waals surface area contributed by atoms with Crippen molar-refractivity contribution in [1.29, 1.82) is 0 Å². The second-order valence-electron chi connectivity index (χ2n) is 5.07. The molecule has 2 rings (SSSR count). The maximum atomic E-state index is 12.1. The number of alkyl halides is 3. The number of carbonyl (C=O) groups is 2. The van der Waals surface area contributed by atoms with Crippen molar-refractivity contribution in [1.82, 2.24) is 9.78 Å². The Hall–Kier alpha value is -3.04. The van der Waals surface area contributed by atoms with E-state index in [0.717, 1.165) is 4.68 Å². The predicted molar refractivity (Wildman–Crippen MR) is 80.2 cm³/mol. The molecule has 0 unspecified atom stereocenters. The van der Waals surface area contributed by atoms with E-state index in [9.17, 15) is 22.8 Å². The van der Waals surface area contributed by atoms with Crippen molar-refractivity contribution in [3.8, 4) is 5.75 Å². The van der Waals surface area contributed by atoms with Crippen LogP contribution >= 0.6 is 0 Å². The quantitative estimate of drug-likeness (QED) is 0.791. The SMILES string of the molecule is O=C(O)Cn1ccc(NC(=O)Cc2cccc(OCC(F)(F)F)c2)n1. The van der Waals surface area contributed by atoms with Gasteiger partial charge >= 0.3 is 12.1 Å². The molecular weight excluding hydrogens is 343 g/mol. The molecule has 0 aliphatic heterocycles. The Bertz CT molecular complexity index is 758. The van der Waals surface area contributed by atoms with Gasteiger partial charge in [-0.05, 0) is 17.7 Å². The highest BCUT2D eigenvalue weighted by atomic mass is 19.4. The summed E-state index contributed by atoms with van der Waals surface area (Å²) >= 11 is 0. The Morgan fingerprint density at radius 3 is 2.72 bits per heavy atom. The fraction of sp³-hybridized carbons (Fsp3) is 0.267. The van der Waals surface area contributed by atoms with Gasteiger partial charge in [0.05, 0.1) is 6.42 Å². The van der Waals surface area contributed by atoms with Gasteiger partial charge in [-0.2, -0.15) is 18.3 Å². The molecule has 10 heteroatoms. The van der Waals surface area contributed by atoms with Crippen LogP contribution in [0.15, 0.2) is 36.5 Å². The molecule has 1 aromatic heterocycles. The van der Waals surface area contributed by atoms with Crippen LogP contribution < -0.4 is 10.1 Å². The van der Waals surface area contributed by atoms with Crippen molar-refractivity contribution in [2.75, 3.05) is 11.9 Å². The van der Waals surface area contributed by atoms with E-state index in [1.807, 2.05) is 0 Å². The van der Waals surface area contributed by atoms with Crippen molar-refractivity contribution >= 4 is 17.7 Å². The first-order valence-electron chi connectivity index (χ1n) is 7.05. The van der Waals surface area contributed by atoms with E-state index in [1.165, 1.54) is 30.5 Å². The number of aliphatic carboxylic acids is 1. The van der Waals surface area contributed by atoms with Crippen LogP contribution in [0.25, 0.3) is 0 Å². The van der Waals surface area contributed by atoms with Crippen LogP contribution in [0.5, 0.6) is 5.75 Å². The molecule has 0 fully saturated rings. The molecule has 1 amide bonds. The number of nitrogens with zero attached hydrogens (tertiary/aromatic N) is 2. The number of benzene rings is 1. The van der Waals surface area contributed by atoms with Crippen molar-refractivity contribution in [3.05, 3.63) is 42.1 Å². The van der Waals surface area contributed by atoms with Crippen LogP contribution in [0, 0.1) is 0 Å². The normalized spacial score (nSPS) is 11.2. The molecule has 1 aromatic carbocycles. The summed E-state index contributed by atoms with van der Waals surface area (Å²) in [6.07, 6.45) is -3.15. The molecule has 1 heterocycles. The number of ether oxygens (including phenoxy) is 1. The summed E-state index contributed by atoms with van der Waals surface area (Å²) in [6, 6.07) is 7.19. The second kappa shape index (κ2) is 7.69. The number of carboxylic acids is 1. The monoisotopic (exact) mass is 357 g/mol. The second-order valence-corrected chi connectivity index (χ2v) is 5.07. The Balaban J connectivity index is 1.91. The molecule has 7 nitrogen and oxygen atoms in total. The minimum Gasteiger partial charge on any atom is -0.484 e. The van der Waals surface area contributed by atoms with Crippen molar-refractivity contribution in [2.24, 2.45) is 0 Å². The fourth-order valence-electron chi connectivity index (χ4n) is 1.94. The van der Waals surface area contributed by atoms with Gasteiger partial charge in [-0.25, -0.2) is 0 Å². The van der Waals surface area contributed by atoms with Crippen molar-refractivity contribution < 1.29 is 32.6 Å². The number of hydrogen-bond acceptors (Lipinski definition) is 4. The number of carboxylic acid groups (broad SMARTS) is 1. The molecule has 0 spiro atoms. The lowest BCUT2D eigenvalue weighted by Crippen LogP contribution is -2.19. The molecule has 0 aliphatic carbocycles. The lowest BCUT2D eigenvalue weighted by atomic mass is 10.1. The van der Waals surface area contributed by atoms with Gasteiger partial charge in [0.2, 0.25) is 5.91 Å². The van der Waals surface area contributed by atoms with Crippen LogP contribution in [0.3, 0.4) is 0 Å². The highest BCUT2D eigenvalue weighted by Gasteiger charge is 2.28. The van der Waals surface area contributed by atoms with Gasteiger partial charge in [0.25, 0.3) is 0 Å². The molecule has 0 bridgehead atoms. The van der Waals surface area contributed by atoms with Gasteiger partial charge in [0.15, 0.2) is 12.4 Å². The standard InChI is InChI=1S/C15H14F3N3O4/c16-15(17,18)9-25-11-3-1-2-10(6-11)7-13(22)19-12-4-5-21(20-12)8-14(23)24/h1-6H,7-9H2,(H,23,24)(H,19,20,22). The Labute approximate surface area is 140 Å². The third-order valence-corrected chi connectivity index (χ3v) is 2.87. The van der Waals surface area contributed by atoms with Gasteiger partial charge < -0.3 is 15.2 Å². The zero-order valence-electron chi connectivity index (χ0n) is 12.8. The van der Waals surface area contributed by atoms with E-state index < -0.39 is 24.7 Å². The summed E-state index contributed by atoms with van der Waals surface area (Å²) in [5, 5.41) is 15.0. The zero-order chi connectivity index (χ0) is 18.4. The minimum atomic E-state index is -4.44. The van der Waals surface area contributed by atoms with Gasteiger partial charge in [0.1, 0.15) is 12.3 Å². The third-order valence-electron chi connectivity index (χ3n) is 2.87. The molecule has 0 atom stereocenters. The molecule has 134 valence electrons. The van der Waals surface area contributed by atoms with Crippen molar-refractivity contribution in [3.63, 3.8) is 0 Å². The molecule has 0 saturated carbocycles. The molecule has 2 aromatic rings. The van der Waals surface area contributed by atoms with Crippen LogP contribution in [-0.2, 0) is 22.6 Å². The summed E-state index contributed by atoms with van der Waals surface area (Å²) < 4.78 is 42.2. The number of carbonyl (C=O) groups excluding carboxylic acids is 1. The molecule has 0 radical (unpaired) electrons. The summed E-state index contributed by atoms with van der Waals surface area (Å²) in [6.45, 7) is -1.75. The first-order chi connectivity index (χ1) is 11.7. The van der Waals surface area contributed by atoms with E-state index in [-0.39, 0.29) is 24.5 Å². The highest BCUT2D eigenvalue weighted by molar-refractivity contribution is 5.91. The summed E-state index contributed by atoms with van der Waals surface area (Å²) in [5.41, 5.74) is 0.460. The van der Waals surface area contributed by atoms with E-state index in [1.54, 1.807) is 6.07 Å². The van der Waals surface area contributed by atoms with E-state index in [4.69, 9.17) is 5.11 Å². The fourth-order valence-corrected chi connectivity index (χ4v) is 1.94. The van der Waals surface area contributed by atoms with Gasteiger partial charge in [-0.3, -0.25) is 14.3 Å². The zero-order valence-corrected chi connectivity index (χ0v) is 12.8. The molecular formula is C15H14F3N3O4. The number of nitrogens with one attached hydrogen (secondary N) is 1. The van der Waals surface area contributed by atoms with Gasteiger partial charge in [-0.1, -0.05) is 12.1 Å². The van der Waals surface area contributed by atoms with Crippen molar-refractivity contribution in [2.45, 2.75) is 19.1 Å². The Morgan fingerprint density at radius 1 is 1.28 bits per heavy atom. The average Bonchev–Trinajstić information content (AvgIpc) is 2.91. The summed E-state index contributed by atoms with van der Waals surface area (Å²) in [5.74, 6) is -1.34. The number of aromatic nitrogens is 2. The average molecular weight is 357 g/mol. The number of halogens is 3. The van der Waals surface area contributed by atoms with Crippen LogP contribution in [0.1, 0.15) is 5.56 Å². The van der Waals surface area contributed by atoms with Gasteiger partial charge in [0, 0.05) is 12.3 Å². The van der Waals surface area contributed by atoms with Crippen LogP contribution in [-0.4, -0.2) is 39.5 Å². The van der Waals surface area contributed by atoms with E-state index >= 15 is 0 Å². The molecule has 25 heavy (non-hydrogen) atoms. The molecule has 2 N–H and O–H groups in total. The molecule has 0 aliphatic rings.